The Hall–Kier alpha value is -0.610. The van der Waals surface area contributed by atoms with E-state index in [-0.39, 0.29) is 41.9 Å². The summed E-state index contributed by atoms with van der Waals surface area (Å²) in [5.74, 6) is 1.49. The molecule has 0 radical (unpaired) electrons. The number of rotatable bonds is 10. The zero-order chi connectivity index (χ0) is 19.4. The second-order valence-electron chi connectivity index (χ2n) is 7.96. The van der Waals surface area contributed by atoms with Gasteiger partial charge >= 0.3 is 0 Å². The van der Waals surface area contributed by atoms with Crippen LogP contribution in [0, 0.1) is 11.3 Å². The second kappa shape index (κ2) is 14.4. The highest BCUT2D eigenvalue weighted by Crippen LogP contribution is 2.32. The van der Waals surface area contributed by atoms with Crippen LogP contribution in [0.3, 0.4) is 0 Å². The average molecular weight is 510 g/mol. The van der Waals surface area contributed by atoms with Crippen molar-refractivity contribution in [3.8, 4) is 0 Å². The maximum atomic E-state index is 12.1. The van der Waals surface area contributed by atoms with E-state index in [2.05, 4.69) is 20.9 Å². The molecule has 28 heavy (non-hydrogen) atoms. The normalized spacial score (nSPS) is 23.1. The number of aliphatic hydroxyl groups excluding tert-OH is 1. The van der Waals surface area contributed by atoms with Gasteiger partial charge in [0.25, 0.3) is 0 Å². The Labute approximate surface area is 186 Å². The predicted octanol–water partition coefficient (Wildman–Crippen LogP) is 2.04. The van der Waals surface area contributed by atoms with Crippen molar-refractivity contribution in [1.82, 2.24) is 16.0 Å². The summed E-state index contributed by atoms with van der Waals surface area (Å²) in [6.45, 7) is 6.26. The molecule has 0 aromatic carbocycles. The van der Waals surface area contributed by atoms with Crippen molar-refractivity contribution in [2.24, 2.45) is 16.3 Å². The van der Waals surface area contributed by atoms with Crippen molar-refractivity contribution >= 4 is 35.8 Å². The van der Waals surface area contributed by atoms with Crippen molar-refractivity contribution in [2.75, 3.05) is 46.0 Å². The van der Waals surface area contributed by atoms with E-state index in [0.29, 0.717) is 45.0 Å². The Morgan fingerprint density at radius 1 is 1.18 bits per heavy atom. The molecule has 1 unspecified atom stereocenters. The van der Waals surface area contributed by atoms with E-state index in [1.165, 1.54) is 32.1 Å². The van der Waals surface area contributed by atoms with E-state index in [9.17, 15) is 9.90 Å². The summed E-state index contributed by atoms with van der Waals surface area (Å²) in [4.78, 5) is 16.8. The van der Waals surface area contributed by atoms with E-state index in [1.54, 1.807) is 0 Å². The molecule has 0 aromatic rings. The van der Waals surface area contributed by atoms with Crippen LogP contribution in [0.25, 0.3) is 0 Å². The molecule has 1 atom stereocenters. The lowest BCUT2D eigenvalue weighted by atomic mass is 9.84. The number of carbonyl (C=O) groups is 1. The molecule has 7 nitrogen and oxygen atoms in total. The molecule has 4 N–H and O–H groups in total. The maximum Gasteiger partial charge on any atom is 0.220 e. The molecule has 1 amide bonds. The minimum absolute atomic E-state index is 0. The number of carbonyl (C=O) groups excluding carboxylic acids is 1. The average Bonchev–Trinajstić information content (AvgIpc) is 3.13. The van der Waals surface area contributed by atoms with Gasteiger partial charge in [-0.3, -0.25) is 9.79 Å². The summed E-state index contributed by atoms with van der Waals surface area (Å²) in [7, 11) is 0. The van der Waals surface area contributed by atoms with Gasteiger partial charge in [-0.1, -0.05) is 19.3 Å². The van der Waals surface area contributed by atoms with Gasteiger partial charge in [-0.05, 0) is 38.5 Å². The zero-order valence-corrected chi connectivity index (χ0v) is 19.6. The van der Waals surface area contributed by atoms with Gasteiger partial charge in [0.2, 0.25) is 5.91 Å². The minimum Gasteiger partial charge on any atom is -0.396 e. The Kier molecular flexibility index (Phi) is 13.1. The van der Waals surface area contributed by atoms with Crippen molar-refractivity contribution < 1.29 is 14.6 Å². The maximum absolute atomic E-state index is 12.1. The zero-order valence-electron chi connectivity index (χ0n) is 17.3. The monoisotopic (exact) mass is 510 g/mol. The number of hydrogen-bond acceptors (Lipinski definition) is 4. The van der Waals surface area contributed by atoms with Gasteiger partial charge in [-0.25, -0.2) is 0 Å². The third-order valence-corrected chi connectivity index (χ3v) is 5.68. The molecular weight excluding hydrogens is 471 g/mol. The lowest BCUT2D eigenvalue weighted by Crippen LogP contribution is -2.42. The van der Waals surface area contributed by atoms with Crippen molar-refractivity contribution in [2.45, 2.75) is 58.3 Å². The molecule has 1 saturated carbocycles. The lowest BCUT2D eigenvalue weighted by molar-refractivity contribution is -0.122. The number of guanidine groups is 1. The van der Waals surface area contributed by atoms with Gasteiger partial charge in [0.1, 0.15) is 0 Å². The molecule has 1 heterocycles. The molecule has 1 aliphatic carbocycles. The first-order valence-corrected chi connectivity index (χ1v) is 10.6. The molecule has 0 bridgehead atoms. The van der Waals surface area contributed by atoms with E-state index in [4.69, 9.17) is 4.74 Å². The van der Waals surface area contributed by atoms with Gasteiger partial charge in [0, 0.05) is 44.7 Å². The highest BCUT2D eigenvalue weighted by Gasteiger charge is 2.34. The standard InChI is InChI=1S/C20H38N4O3.HI/c1-2-21-19(24-15-20(8-12-25)9-13-27-16-20)23-11-10-22-18(26)14-17-6-4-3-5-7-17;/h17,25H,2-16H2,1H3,(H,22,26)(H2,21,23,24);1H. The molecule has 0 aromatic heterocycles. The van der Waals surface area contributed by atoms with Crippen LogP contribution in [0.1, 0.15) is 58.3 Å². The molecule has 2 aliphatic rings. The molecule has 2 rings (SSSR count). The van der Waals surface area contributed by atoms with Gasteiger partial charge in [0.05, 0.1) is 13.2 Å². The third-order valence-electron chi connectivity index (χ3n) is 5.68. The Bertz CT molecular complexity index is 464. The quantitative estimate of drug-likeness (QED) is 0.156. The fourth-order valence-electron chi connectivity index (χ4n) is 3.98. The Balaban J connectivity index is 0.00000392. The van der Waals surface area contributed by atoms with Crippen molar-refractivity contribution in [3.63, 3.8) is 0 Å². The van der Waals surface area contributed by atoms with Crippen LogP contribution < -0.4 is 16.0 Å². The lowest BCUT2D eigenvalue weighted by Gasteiger charge is -2.25. The van der Waals surface area contributed by atoms with Crippen molar-refractivity contribution in [1.29, 1.82) is 0 Å². The van der Waals surface area contributed by atoms with Crippen LogP contribution in [0.15, 0.2) is 4.99 Å². The molecule has 0 spiro atoms. The first-order chi connectivity index (χ1) is 13.2. The molecule has 8 heteroatoms. The summed E-state index contributed by atoms with van der Waals surface area (Å²) < 4.78 is 5.52. The van der Waals surface area contributed by atoms with E-state index in [1.807, 2.05) is 6.92 Å². The van der Waals surface area contributed by atoms with Crippen LogP contribution >= 0.6 is 24.0 Å². The highest BCUT2D eigenvalue weighted by atomic mass is 127. The Morgan fingerprint density at radius 3 is 2.57 bits per heavy atom. The van der Waals surface area contributed by atoms with E-state index < -0.39 is 0 Å². The number of aliphatic hydroxyl groups is 1. The summed E-state index contributed by atoms with van der Waals surface area (Å²) >= 11 is 0. The van der Waals surface area contributed by atoms with Gasteiger partial charge in [0.15, 0.2) is 5.96 Å². The first kappa shape index (κ1) is 25.4. The van der Waals surface area contributed by atoms with Gasteiger partial charge < -0.3 is 25.8 Å². The smallest absolute Gasteiger partial charge is 0.220 e. The van der Waals surface area contributed by atoms with Crippen LogP contribution in [-0.4, -0.2) is 63.0 Å². The molecular formula is C20H39IN4O3. The summed E-state index contributed by atoms with van der Waals surface area (Å²) in [5, 5.41) is 18.9. The summed E-state index contributed by atoms with van der Waals surface area (Å²) in [5.41, 5.74) is -0.0503. The number of nitrogens with zero attached hydrogens (tertiary/aromatic N) is 1. The van der Waals surface area contributed by atoms with Crippen LogP contribution in [-0.2, 0) is 9.53 Å². The topological polar surface area (TPSA) is 95.0 Å². The number of ether oxygens (including phenoxy) is 1. The predicted molar refractivity (Wildman–Crippen MR) is 123 cm³/mol. The second-order valence-corrected chi connectivity index (χ2v) is 7.96. The summed E-state index contributed by atoms with van der Waals surface area (Å²) in [6.07, 6.45) is 8.57. The summed E-state index contributed by atoms with van der Waals surface area (Å²) in [6, 6.07) is 0. The first-order valence-electron chi connectivity index (χ1n) is 10.6. The van der Waals surface area contributed by atoms with E-state index in [0.717, 1.165) is 25.5 Å². The van der Waals surface area contributed by atoms with Crippen LogP contribution in [0.5, 0.6) is 0 Å². The molecule has 1 saturated heterocycles. The number of amides is 1. The third kappa shape index (κ3) is 9.26. The SMILES string of the molecule is CCNC(=NCC1(CCO)CCOC1)NCCNC(=O)CC1CCCCC1.I. The van der Waals surface area contributed by atoms with Crippen LogP contribution in [0.2, 0.25) is 0 Å². The van der Waals surface area contributed by atoms with E-state index >= 15 is 0 Å². The van der Waals surface area contributed by atoms with Gasteiger partial charge in [-0.2, -0.15) is 0 Å². The minimum atomic E-state index is -0.0503. The van der Waals surface area contributed by atoms with Gasteiger partial charge in [-0.15, -0.1) is 24.0 Å². The molecule has 2 fully saturated rings. The Morgan fingerprint density at radius 2 is 1.93 bits per heavy atom. The van der Waals surface area contributed by atoms with Crippen LogP contribution in [0.4, 0.5) is 0 Å². The van der Waals surface area contributed by atoms with Crippen molar-refractivity contribution in [3.05, 3.63) is 0 Å². The molecule has 164 valence electrons. The number of hydrogen-bond donors (Lipinski definition) is 4. The molecule has 1 aliphatic heterocycles. The fourth-order valence-corrected chi connectivity index (χ4v) is 3.98. The fraction of sp³-hybridized carbons (Fsp3) is 0.900. The number of nitrogens with one attached hydrogen (secondary N) is 3. The largest absolute Gasteiger partial charge is 0.396 e. The highest BCUT2D eigenvalue weighted by molar-refractivity contribution is 14.0. The number of aliphatic imine (C=N–C) groups is 1. The number of halogens is 1.